The van der Waals surface area contributed by atoms with Crippen LogP contribution in [0.1, 0.15) is 57.6 Å². The number of amides is 1. The third-order valence-electron chi connectivity index (χ3n) is 4.78. The Balaban J connectivity index is 1.82. The molecule has 22 heavy (non-hydrogen) atoms. The van der Waals surface area contributed by atoms with Gasteiger partial charge in [-0.05, 0) is 30.9 Å². The molecule has 1 aromatic carbocycles. The maximum Gasteiger partial charge on any atom is 0.275 e. The van der Waals surface area contributed by atoms with E-state index in [1.807, 2.05) is 0 Å². The normalized spacial score (nSPS) is 23.0. The monoisotopic (exact) mass is 367 g/mol. The van der Waals surface area contributed by atoms with Gasteiger partial charge in [0, 0.05) is 22.5 Å². The molecule has 3 N–H and O–H groups in total. The molecule has 0 radical (unpaired) electrons. The Hall–Kier alpha value is -0.870. The van der Waals surface area contributed by atoms with E-state index in [4.69, 9.17) is 0 Å². The van der Waals surface area contributed by atoms with Crippen molar-refractivity contribution in [3.8, 4) is 0 Å². The van der Waals surface area contributed by atoms with Crippen molar-refractivity contribution < 1.29 is 10.1 Å². The standard InChI is InChI=1S/C18H27BrN2O/c1-3-16(14-8-10-15(19)11-9-14)20-12-18(22)21-17-7-5-4-6-13(17)2/h8-11,13,16-17,20H,3-7,12H2,1-2H3,(H,21,22)/p+1/t13-,16-,17+/m0/s1. The van der Waals surface area contributed by atoms with E-state index >= 15 is 0 Å². The van der Waals surface area contributed by atoms with Crippen molar-refractivity contribution in [1.82, 2.24) is 5.32 Å². The van der Waals surface area contributed by atoms with Gasteiger partial charge in [0.2, 0.25) is 0 Å². The molecule has 0 heterocycles. The highest BCUT2D eigenvalue weighted by atomic mass is 79.9. The molecule has 1 aromatic rings. The van der Waals surface area contributed by atoms with Crippen LogP contribution in [-0.4, -0.2) is 18.5 Å². The molecule has 0 spiro atoms. The lowest BCUT2D eigenvalue weighted by molar-refractivity contribution is -0.686. The molecule has 2 rings (SSSR count). The molecule has 1 amide bonds. The second-order valence-corrected chi connectivity index (χ2v) is 7.36. The fourth-order valence-electron chi connectivity index (χ4n) is 3.29. The Morgan fingerprint density at radius 1 is 1.32 bits per heavy atom. The summed E-state index contributed by atoms with van der Waals surface area (Å²) in [7, 11) is 0. The molecule has 0 bridgehead atoms. The minimum atomic E-state index is 0.175. The number of hydrogen-bond donors (Lipinski definition) is 2. The second kappa shape index (κ2) is 8.68. The van der Waals surface area contributed by atoms with Gasteiger partial charge < -0.3 is 10.6 Å². The first kappa shape index (κ1) is 17.5. The number of carbonyl (C=O) groups excluding carboxylic acids is 1. The number of halogens is 1. The lowest BCUT2D eigenvalue weighted by Crippen LogP contribution is -2.87. The summed E-state index contributed by atoms with van der Waals surface area (Å²) in [4.78, 5) is 12.2. The maximum atomic E-state index is 12.2. The molecule has 1 fully saturated rings. The van der Waals surface area contributed by atoms with Crippen LogP contribution in [0.5, 0.6) is 0 Å². The second-order valence-electron chi connectivity index (χ2n) is 6.44. The molecule has 1 saturated carbocycles. The molecule has 4 heteroatoms. The van der Waals surface area contributed by atoms with Gasteiger partial charge in [0.05, 0.1) is 0 Å². The van der Waals surface area contributed by atoms with Crippen LogP contribution in [0.4, 0.5) is 0 Å². The van der Waals surface area contributed by atoms with Crippen LogP contribution in [0, 0.1) is 5.92 Å². The van der Waals surface area contributed by atoms with E-state index in [0.29, 0.717) is 24.5 Å². The smallest absolute Gasteiger partial charge is 0.275 e. The lowest BCUT2D eigenvalue weighted by Gasteiger charge is -2.29. The van der Waals surface area contributed by atoms with Crippen molar-refractivity contribution in [2.24, 2.45) is 5.92 Å². The van der Waals surface area contributed by atoms with Crippen LogP contribution in [0.25, 0.3) is 0 Å². The number of nitrogens with two attached hydrogens (primary N) is 1. The summed E-state index contributed by atoms with van der Waals surface area (Å²) >= 11 is 3.47. The van der Waals surface area contributed by atoms with E-state index < -0.39 is 0 Å². The number of carbonyl (C=O) groups is 1. The molecule has 0 unspecified atom stereocenters. The minimum Gasteiger partial charge on any atom is -0.348 e. The van der Waals surface area contributed by atoms with E-state index in [0.717, 1.165) is 17.3 Å². The maximum absolute atomic E-state index is 12.2. The van der Waals surface area contributed by atoms with Gasteiger partial charge in [0.1, 0.15) is 6.04 Å². The fraction of sp³-hybridized carbons (Fsp3) is 0.611. The number of benzene rings is 1. The van der Waals surface area contributed by atoms with Crippen LogP contribution >= 0.6 is 15.9 Å². The Morgan fingerprint density at radius 3 is 2.64 bits per heavy atom. The highest BCUT2D eigenvalue weighted by Gasteiger charge is 2.23. The van der Waals surface area contributed by atoms with Gasteiger partial charge in [0.15, 0.2) is 6.54 Å². The highest BCUT2D eigenvalue weighted by Crippen LogP contribution is 2.23. The Kier molecular flexibility index (Phi) is 6.90. The SMILES string of the molecule is CC[C@H]([NH2+]CC(=O)N[C@@H]1CCCC[C@@H]1C)c1ccc(Br)cc1. The number of hydrogen-bond acceptors (Lipinski definition) is 1. The first-order valence-electron chi connectivity index (χ1n) is 8.48. The molecule has 0 aliphatic heterocycles. The van der Waals surface area contributed by atoms with Crippen molar-refractivity contribution in [1.29, 1.82) is 0 Å². The summed E-state index contributed by atoms with van der Waals surface area (Å²) in [6.07, 6.45) is 5.95. The molecular weight excluding hydrogens is 340 g/mol. The van der Waals surface area contributed by atoms with Crippen molar-refractivity contribution >= 4 is 21.8 Å². The lowest BCUT2D eigenvalue weighted by atomic mass is 9.86. The minimum absolute atomic E-state index is 0.175. The van der Waals surface area contributed by atoms with E-state index in [1.165, 1.54) is 24.8 Å². The van der Waals surface area contributed by atoms with Crippen LogP contribution in [0.3, 0.4) is 0 Å². The summed E-state index contributed by atoms with van der Waals surface area (Å²) in [6.45, 7) is 4.94. The van der Waals surface area contributed by atoms with Crippen molar-refractivity contribution in [3.63, 3.8) is 0 Å². The van der Waals surface area contributed by atoms with Gasteiger partial charge in [0.25, 0.3) is 5.91 Å². The first-order valence-corrected chi connectivity index (χ1v) is 9.27. The summed E-state index contributed by atoms with van der Waals surface area (Å²) in [5.41, 5.74) is 1.28. The topological polar surface area (TPSA) is 45.7 Å². The van der Waals surface area contributed by atoms with E-state index in [2.05, 4.69) is 64.7 Å². The highest BCUT2D eigenvalue weighted by molar-refractivity contribution is 9.10. The van der Waals surface area contributed by atoms with Crippen LogP contribution in [0.2, 0.25) is 0 Å². The molecule has 1 aliphatic rings. The predicted octanol–water partition coefficient (Wildman–Crippen LogP) is 3.16. The molecule has 3 atom stereocenters. The zero-order chi connectivity index (χ0) is 15.9. The summed E-state index contributed by atoms with van der Waals surface area (Å²) in [5, 5.41) is 5.39. The van der Waals surface area contributed by atoms with Crippen LogP contribution in [-0.2, 0) is 4.79 Å². The number of nitrogens with one attached hydrogen (secondary N) is 1. The number of rotatable bonds is 6. The molecule has 0 saturated heterocycles. The van der Waals surface area contributed by atoms with Gasteiger partial charge in [-0.1, -0.05) is 54.8 Å². The Bertz CT molecular complexity index is 474. The Labute approximate surface area is 142 Å². The van der Waals surface area contributed by atoms with Crippen LogP contribution < -0.4 is 10.6 Å². The quantitative estimate of drug-likeness (QED) is 0.796. The molecule has 122 valence electrons. The third kappa shape index (κ3) is 5.10. The summed E-state index contributed by atoms with van der Waals surface area (Å²) in [5.74, 6) is 0.792. The van der Waals surface area contributed by atoms with Crippen molar-refractivity contribution in [3.05, 3.63) is 34.3 Å². The van der Waals surface area contributed by atoms with E-state index in [9.17, 15) is 4.79 Å². The largest absolute Gasteiger partial charge is 0.348 e. The molecule has 1 aliphatic carbocycles. The van der Waals surface area contributed by atoms with Crippen molar-refractivity contribution in [2.75, 3.05) is 6.54 Å². The van der Waals surface area contributed by atoms with Gasteiger partial charge in [-0.2, -0.15) is 0 Å². The van der Waals surface area contributed by atoms with Gasteiger partial charge >= 0.3 is 0 Å². The number of quaternary nitrogens is 1. The zero-order valence-electron chi connectivity index (χ0n) is 13.6. The predicted molar refractivity (Wildman–Crippen MR) is 93.5 cm³/mol. The zero-order valence-corrected chi connectivity index (χ0v) is 15.2. The fourth-order valence-corrected chi connectivity index (χ4v) is 3.56. The van der Waals surface area contributed by atoms with Gasteiger partial charge in [-0.15, -0.1) is 0 Å². The average molecular weight is 368 g/mol. The summed E-state index contributed by atoms with van der Waals surface area (Å²) < 4.78 is 1.09. The first-order chi connectivity index (χ1) is 10.6. The Morgan fingerprint density at radius 2 is 2.00 bits per heavy atom. The van der Waals surface area contributed by atoms with E-state index in [1.54, 1.807) is 0 Å². The summed E-state index contributed by atoms with van der Waals surface area (Å²) in [6, 6.07) is 9.13. The van der Waals surface area contributed by atoms with E-state index in [-0.39, 0.29) is 5.91 Å². The van der Waals surface area contributed by atoms with Gasteiger partial charge in [-0.25, -0.2) is 0 Å². The molecule has 0 aromatic heterocycles. The molecular formula is C18H28BrN2O+. The van der Waals surface area contributed by atoms with Gasteiger partial charge in [-0.3, -0.25) is 4.79 Å². The molecule has 3 nitrogen and oxygen atoms in total. The van der Waals surface area contributed by atoms with Crippen molar-refractivity contribution in [2.45, 2.75) is 58.0 Å². The van der Waals surface area contributed by atoms with Crippen LogP contribution in [0.15, 0.2) is 28.7 Å². The average Bonchev–Trinajstić information content (AvgIpc) is 2.52. The third-order valence-corrected chi connectivity index (χ3v) is 5.31.